The molecule has 7 heteroatoms. The van der Waals surface area contributed by atoms with Crippen LogP contribution < -0.4 is 10.1 Å². The zero-order chi connectivity index (χ0) is 29.9. The maximum absolute atomic E-state index is 13.3. The number of carbonyl (C=O) groups is 1. The highest BCUT2D eigenvalue weighted by Crippen LogP contribution is 2.30. The van der Waals surface area contributed by atoms with Gasteiger partial charge in [0.1, 0.15) is 36.7 Å². The molecule has 0 aliphatic carbocycles. The van der Waals surface area contributed by atoms with Crippen molar-refractivity contribution in [2.75, 3.05) is 6.61 Å². The normalized spacial score (nSPS) is 21.5. The van der Waals surface area contributed by atoms with E-state index in [0.717, 1.165) is 11.1 Å². The number of rotatable bonds is 13. The van der Waals surface area contributed by atoms with Gasteiger partial charge >= 0.3 is 5.97 Å². The summed E-state index contributed by atoms with van der Waals surface area (Å²) in [6, 6.07) is 37.5. The molecule has 4 aromatic carbocycles. The summed E-state index contributed by atoms with van der Waals surface area (Å²) in [5.41, 5.74) is 3.10. The van der Waals surface area contributed by atoms with Gasteiger partial charge < -0.3 is 29.0 Å². The van der Waals surface area contributed by atoms with Gasteiger partial charge in [-0.05, 0) is 42.3 Å². The molecule has 0 aromatic heterocycles. The molecule has 1 heterocycles. The second-order valence-electron chi connectivity index (χ2n) is 10.4. The van der Waals surface area contributed by atoms with E-state index in [1.165, 1.54) is 0 Å². The average molecular weight is 580 g/mol. The molecule has 1 aliphatic heterocycles. The first-order valence-electron chi connectivity index (χ1n) is 14.4. The van der Waals surface area contributed by atoms with Crippen LogP contribution in [0.25, 0.3) is 0 Å². The van der Waals surface area contributed by atoms with Crippen LogP contribution in [-0.2, 0) is 32.2 Å². The highest BCUT2D eigenvalue weighted by atomic mass is 16.7. The van der Waals surface area contributed by atoms with E-state index in [2.05, 4.69) is 11.9 Å². The van der Waals surface area contributed by atoms with E-state index in [1.54, 1.807) is 24.3 Å². The number of carbonyl (C=O) groups excluding carboxylic acids is 1. The second-order valence-corrected chi connectivity index (χ2v) is 10.4. The Morgan fingerprint density at radius 1 is 0.744 bits per heavy atom. The van der Waals surface area contributed by atoms with Gasteiger partial charge in [0.2, 0.25) is 6.29 Å². The number of allylic oxidation sites excluding steroid dienone is 1. The molecule has 5 atom stereocenters. The fourth-order valence-electron chi connectivity index (χ4n) is 4.95. The Hall–Kier alpha value is -4.43. The monoisotopic (exact) mass is 579 g/mol. The lowest BCUT2D eigenvalue weighted by Crippen LogP contribution is -2.65. The minimum Gasteiger partial charge on any atom is -0.491 e. The van der Waals surface area contributed by atoms with Crippen molar-refractivity contribution >= 4 is 5.97 Å². The van der Waals surface area contributed by atoms with Crippen LogP contribution in [0.15, 0.2) is 134 Å². The SMILES string of the molecule is C=C(C)NC1C(OC(=O)c2ccccc2)OC(COc2ccccc2)C(OCc2ccccc2)C1OCc1ccccc1. The summed E-state index contributed by atoms with van der Waals surface area (Å²) in [6.07, 6.45) is -2.85. The minimum atomic E-state index is -1.02. The Balaban J connectivity index is 1.47. The van der Waals surface area contributed by atoms with Gasteiger partial charge in [-0.1, -0.05) is 104 Å². The Kier molecular flexibility index (Phi) is 10.6. The summed E-state index contributed by atoms with van der Waals surface area (Å²) in [7, 11) is 0. The van der Waals surface area contributed by atoms with Gasteiger partial charge in [-0.2, -0.15) is 0 Å². The van der Waals surface area contributed by atoms with Crippen molar-refractivity contribution in [2.45, 2.75) is 50.8 Å². The van der Waals surface area contributed by atoms with E-state index in [-0.39, 0.29) is 6.61 Å². The minimum absolute atomic E-state index is 0.147. The number of ether oxygens (including phenoxy) is 5. The van der Waals surface area contributed by atoms with Gasteiger partial charge in [0.25, 0.3) is 0 Å². The Morgan fingerprint density at radius 3 is 1.81 bits per heavy atom. The fourth-order valence-corrected chi connectivity index (χ4v) is 4.95. The van der Waals surface area contributed by atoms with Crippen LogP contribution in [0.1, 0.15) is 28.4 Å². The summed E-state index contributed by atoms with van der Waals surface area (Å²) >= 11 is 0. The topological polar surface area (TPSA) is 75.3 Å². The number of hydrogen-bond acceptors (Lipinski definition) is 7. The third kappa shape index (κ3) is 8.55. The summed E-state index contributed by atoms with van der Waals surface area (Å²) in [5.74, 6) is 0.182. The first kappa shape index (κ1) is 30.0. The van der Waals surface area contributed by atoms with Crippen LogP contribution in [0.5, 0.6) is 5.75 Å². The average Bonchev–Trinajstić information content (AvgIpc) is 3.05. The van der Waals surface area contributed by atoms with Gasteiger partial charge in [0.15, 0.2) is 0 Å². The van der Waals surface area contributed by atoms with Crippen LogP contribution in [-0.4, -0.2) is 43.2 Å². The summed E-state index contributed by atoms with van der Waals surface area (Å²) < 4.78 is 31.9. The molecule has 0 amide bonds. The largest absolute Gasteiger partial charge is 0.491 e. The number of nitrogens with one attached hydrogen (secondary N) is 1. The maximum Gasteiger partial charge on any atom is 0.340 e. The van der Waals surface area contributed by atoms with Crippen molar-refractivity contribution in [1.29, 1.82) is 0 Å². The van der Waals surface area contributed by atoms with Gasteiger partial charge in [-0.15, -0.1) is 0 Å². The fraction of sp³-hybridized carbons (Fsp3) is 0.250. The lowest BCUT2D eigenvalue weighted by molar-refractivity contribution is -0.272. The maximum atomic E-state index is 13.3. The lowest BCUT2D eigenvalue weighted by atomic mass is 9.95. The summed E-state index contributed by atoms with van der Waals surface area (Å²) in [5, 5.41) is 3.36. The molecule has 0 bridgehead atoms. The summed E-state index contributed by atoms with van der Waals surface area (Å²) in [4.78, 5) is 13.3. The first-order chi connectivity index (χ1) is 21.1. The van der Waals surface area contributed by atoms with Crippen molar-refractivity contribution in [2.24, 2.45) is 0 Å². The Bertz CT molecular complexity index is 1420. The Morgan fingerprint density at radius 2 is 1.26 bits per heavy atom. The molecule has 1 fully saturated rings. The lowest BCUT2D eigenvalue weighted by Gasteiger charge is -2.46. The molecular weight excluding hydrogens is 542 g/mol. The molecule has 222 valence electrons. The third-order valence-corrected chi connectivity index (χ3v) is 7.02. The zero-order valence-electron chi connectivity index (χ0n) is 24.2. The van der Waals surface area contributed by atoms with E-state index in [4.69, 9.17) is 23.7 Å². The van der Waals surface area contributed by atoms with Crippen LogP contribution in [0.3, 0.4) is 0 Å². The second kappa shape index (κ2) is 15.2. The van der Waals surface area contributed by atoms with Gasteiger partial charge in [0.05, 0.1) is 18.8 Å². The number of esters is 1. The quantitative estimate of drug-likeness (QED) is 0.186. The molecule has 1 N–H and O–H groups in total. The van der Waals surface area contributed by atoms with Crippen molar-refractivity contribution in [3.8, 4) is 5.75 Å². The number of hydrogen-bond donors (Lipinski definition) is 1. The third-order valence-electron chi connectivity index (χ3n) is 7.02. The molecular formula is C36H37NO6. The van der Waals surface area contributed by atoms with E-state index in [1.807, 2.05) is 104 Å². The van der Waals surface area contributed by atoms with E-state index in [9.17, 15) is 4.79 Å². The molecule has 1 saturated heterocycles. The molecule has 7 nitrogen and oxygen atoms in total. The van der Waals surface area contributed by atoms with Crippen LogP contribution in [0.2, 0.25) is 0 Å². The molecule has 0 spiro atoms. The van der Waals surface area contributed by atoms with Crippen LogP contribution >= 0.6 is 0 Å². The van der Waals surface area contributed by atoms with Crippen LogP contribution in [0, 0.1) is 0 Å². The number of benzene rings is 4. The molecule has 5 rings (SSSR count). The predicted molar refractivity (Wildman–Crippen MR) is 164 cm³/mol. The molecule has 0 radical (unpaired) electrons. The standard InChI is InChI=1S/C36H37NO6/c1-26(2)37-32-34(41-24-28-17-9-4-10-18-28)33(40-23-27-15-7-3-8-16-27)31(25-39-30-21-13-6-14-22-30)42-36(32)43-35(38)29-19-11-5-12-20-29/h3-22,31-34,36-37H,1,23-25H2,2H3. The highest BCUT2D eigenvalue weighted by molar-refractivity contribution is 5.89. The summed E-state index contributed by atoms with van der Waals surface area (Å²) in [6.45, 7) is 6.69. The van der Waals surface area contributed by atoms with Crippen LogP contribution in [0.4, 0.5) is 0 Å². The molecule has 0 saturated carbocycles. The predicted octanol–water partition coefficient (Wildman–Crippen LogP) is 6.31. The van der Waals surface area contributed by atoms with Crippen molar-refractivity contribution in [3.05, 3.63) is 150 Å². The Labute approximate surface area is 253 Å². The van der Waals surface area contributed by atoms with E-state index < -0.39 is 36.6 Å². The molecule has 4 aromatic rings. The van der Waals surface area contributed by atoms with Gasteiger partial charge in [0, 0.05) is 5.70 Å². The first-order valence-corrected chi connectivity index (χ1v) is 14.4. The van der Waals surface area contributed by atoms with Crippen molar-refractivity contribution < 1.29 is 28.5 Å². The molecule has 43 heavy (non-hydrogen) atoms. The molecule has 1 aliphatic rings. The van der Waals surface area contributed by atoms with Crippen molar-refractivity contribution in [3.63, 3.8) is 0 Å². The highest BCUT2D eigenvalue weighted by Gasteiger charge is 2.49. The van der Waals surface area contributed by atoms with Gasteiger partial charge in [-0.3, -0.25) is 0 Å². The van der Waals surface area contributed by atoms with Crippen molar-refractivity contribution in [1.82, 2.24) is 5.32 Å². The number of para-hydroxylation sites is 1. The van der Waals surface area contributed by atoms with E-state index >= 15 is 0 Å². The van der Waals surface area contributed by atoms with Gasteiger partial charge in [-0.25, -0.2) is 4.79 Å². The smallest absolute Gasteiger partial charge is 0.340 e. The molecule has 5 unspecified atom stereocenters. The van der Waals surface area contributed by atoms with E-state index in [0.29, 0.717) is 30.2 Å². The zero-order valence-corrected chi connectivity index (χ0v) is 24.2.